The van der Waals surface area contributed by atoms with Crippen LogP contribution in [-0.2, 0) is 9.53 Å². The minimum absolute atomic E-state index is 0.0418. The lowest BCUT2D eigenvalue weighted by Crippen LogP contribution is -2.62. The van der Waals surface area contributed by atoms with Gasteiger partial charge in [-0.15, -0.1) is 0 Å². The van der Waals surface area contributed by atoms with E-state index in [-0.39, 0.29) is 26.1 Å². The van der Waals surface area contributed by atoms with E-state index in [1.54, 1.807) is 6.07 Å². The Labute approximate surface area is 103 Å². The first-order chi connectivity index (χ1) is 8.18. The van der Waals surface area contributed by atoms with Gasteiger partial charge in [0.2, 0.25) is 0 Å². The van der Waals surface area contributed by atoms with E-state index < -0.39 is 17.6 Å². The number of carbonyl (C=O) groups excluding carboxylic acids is 1. The molecule has 8 heteroatoms. The van der Waals surface area contributed by atoms with Gasteiger partial charge in [0.15, 0.2) is 5.54 Å². The molecule has 2 N–H and O–H groups in total. The summed E-state index contributed by atoms with van der Waals surface area (Å²) in [6.45, 7) is 0.536. The number of methoxy groups -OCH3 is 1. The molecule has 1 amide bonds. The van der Waals surface area contributed by atoms with E-state index in [2.05, 4.69) is 0 Å². The Morgan fingerprint density at radius 1 is 1.44 bits per heavy atom. The molecule has 18 heavy (non-hydrogen) atoms. The number of hydrogen-bond acceptors (Lipinski definition) is 4. The predicted molar refractivity (Wildman–Crippen MR) is 57.3 cm³/mol. The van der Waals surface area contributed by atoms with Gasteiger partial charge in [-0.2, -0.15) is 18.4 Å². The maximum absolute atomic E-state index is 12.6. The lowest BCUT2D eigenvalue weighted by molar-refractivity contribution is -0.194. The second-order valence-electron chi connectivity index (χ2n) is 3.89. The normalized spacial score (nSPS) is 14.7. The molecule has 0 fully saturated rings. The third-order valence-electron chi connectivity index (χ3n) is 2.38. The molecular formula is C10H16F3N3O2. The number of carbonyl (C=O) groups is 1. The van der Waals surface area contributed by atoms with Crippen LogP contribution in [0.2, 0.25) is 0 Å². The Morgan fingerprint density at radius 3 is 2.39 bits per heavy atom. The van der Waals surface area contributed by atoms with Gasteiger partial charge in [0.05, 0.1) is 19.1 Å². The minimum Gasteiger partial charge on any atom is -0.383 e. The van der Waals surface area contributed by atoms with Crippen LogP contribution in [0.25, 0.3) is 0 Å². The zero-order valence-corrected chi connectivity index (χ0v) is 10.3. The average Bonchev–Trinajstić information content (AvgIpc) is 2.27. The standard InChI is InChI=1S/C10H16F3N3O2/c1-9(15,10(11,12)13)8(17)16(5-3-4-14)6-7-18-2/h3,5-7,15H2,1-2H3. The highest BCUT2D eigenvalue weighted by Crippen LogP contribution is 2.29. The zero-order chi connectivity index (χ0) is 14.4. The second-order valence-corrected chi connectivity index (χ2v) is 3.89. The summed E-state index contributed by atoms with van der Waals surface area (Å²) >= 11 is 0. The number of hydrogen-bond donors (Lipinski definition) is 1. The highest BCUT2D eigenvalue weighted by atomic mass is 19.4. The molecule has 0 aliphatic heterocycles. The Kier molecular flexibility index (Phi) is 6.08. The van der Waals surface area contributed by atoms with Crippen molar-refractivity contribution in [1.82, 2.24) is 4.90 Å². The molecule has 5 nitrogen and oxygen atoms in total. The molecule has 1 unspecified atom stereocenters. The molecule has 1 atom stereocenters. The van der Waals surface area contributed by atoms with E-state index in [0.29, 0.717) is 6.92 Å². The molecule has 0 aliphatic rings. The Bertz CT molecular complexity index is 323. The molecule has 0 aromatic carbocycles. The van der Waals surface area contributed by atoms with Gasteiger partial charge in [-0.1, -0.05) is 0 Å². The minimum atomic E-state index is -4.85. The van der Waals surface area contributed by atoms with Crippen LogP contribution in [0.15, 0.2) is 0 Å². The smallest absolute Gasteiger partial charge is 0.383 e. The summed E-state index contributed by atoms with van der Waals surface area (Å²) in [6.07, 6.45) is -4.91. The number of nitrogens with two attached hydrogens (primary N) is 1. The van der Waals surface area contributed by atoms with Gasteiger partial charge >= 0.3 is 6.18 Å². The molecule has 0 aromatic rings. The first-order valence-electron chi connectivity index (χ1n) is 5.19. The predicted octanol–water partition coefficient (Wildman–Crippen LogP) is 0.655. The van der Waals surface area contributed by atoms with Gasteiger partial charge in [-0.3, -0.25) is 4.79 Å². The molecule has 0 radical (unpaired) electrons. The summed E-state index contributed by atoms with van der Waals surface area (Å²) < 4.78 is 42.6. The SMILES string of the molecule is COCCN(CCC#N)C(=O)C(C)(N)C(F)(F)F. The summed E-state index contributed by atoms with van der Waals surface area (Å²) in [4.78, 5) is 12.6. The number of nitriles is 1. The van der Waals surface area contributed by atoms with Gasteiger partial charge < -0.3 is 15.4 Å². The Morgan fingerprint density at radius 2 is 2.00 bits per heavy atom. The molecule has 0 spiro atoms. The van der Waals surface area contributed by atoms with Crippen molar-refractivity contribution < 1.29 is 22.7 Å². The van der Waals surface area contributed by atoms with E-state index in [1.165, 1.54) is 7.11 Å². The number of halogens is 3. The largest absolute Gasteiger partial charge is 0.415 e. The molecule has 0 aromatic heterocycles. The highest BCUT2D eigenvalue weighted by Gasteiger charge is 2.55. The third kappa shape index (κ3) is 4.16. The molecule has 0 saturated carbocycles. The van der Waals surface area contributed by atoms with Crippen LogP contribution in [-0.4, -0.2) is 49.3 Å². The van der Waals surface area contributed by atoms with Crippen LogP contribution >= 0.6 is 0 Å². The quantitative estimate of drug-likeness (QED) is 0.766. The topological polar surface area (TPSA) is 79.3 Å². The molecule has 104 valence electrons. The fourth-order valence-corrected chi connectivity index (χ4v) is 1.15. The van der Waals surface area contributed by atoms with Crippen molar-refractivity contribution in [2.45, 2.75) is 25.1 Å². The van der Waals surface area contributed by atoms with Gasteiger partial charge in [-0.25, -0.2) is 0 Å². The maximum Gasteiger partial charge on any atom is 0.415 e. The summed E-state index contributed by atoms with van der Waals surface area (Å²) in [6, 6.07) is 1.76. The van der Waals surface area contributed by atoms with Crippen molar-refractivity contribution >= 4 is 5.91 Å². The van der Waals surface area contributed by atoms with E-state index in [4.69, 9.17) is 15.7 Å². The van der Waals surface area contributed by atoms with Crippen LogP contribution in [0, 0.1) is 11.3 Å². The summed E-state index contributed by atoms with van der Waals surface area (Å²) in [5.74, 6) is -1.26. The monoisotopic (exact) mass is 267 g/mol. The van der Waals surface area contributed by atoms with Gasteiger partial charge in [0, 0.05) is 20.2 Å². The van der Waals surface area contributed by atoms with Crippen molar-refractivity contribution in [3.63, 3.8) is 0 Å². The van der Waals surface area contributed by atoms with Crippen molar-refractivity contribution in [3.05, 3.63) is 0 Å². The van der Waals surface area contributed by atoms with Crippen LogP contribution < -0.4 is 5.73 Å². The van der Waals surface area contributed by atoms with Crippen molar-refractivity contribution in [1.29, 1.82) is 5.26 Å². The lowest BCUT2D eigenvalue weighted by Gasteiger charge is -2.32. The summed E-state index contributed by atoms with van der Waals surface area (Å²) in [7, 11) is 1.36. The first kappa shape index (κ1) is 16.7. The van der Waals surface area contributed by atoms with E-state index in [0.717, 1.165) is 4.90 Å². The number of alkyl halides is 3. The van der Waals surface area contributed by atoms with Gasteiger partial charge in [-0.05, 0) is 6.92 Å². The molecule has 0 aliphatic carbocycles. The average molecular weight is 267 g/mol. The number of amides is 1. The summed E-state index contributed by atoms with van der Waals surface area (Å²) in [5, 5.41) is 8.41. The lowest BCUT2D eigenvalue weighted by atomic mass is 10.0. The van der Waals surface area contributed by atoms with Crippen LogP contribution in [0.4, 0.5) is 13.2 Å². The zero-order valence-electron chi connectivity index (χ0n) is 10.3. The van der Waals surface area contributed by atoms with Crippen molar-refractivity contribution in [3.8, 4) is 6.07 Å². The maximum atomic E-state index is 12.6. The molecule has 0 saturated heterocycles. The molecule has 0 rings (SSSR count). The Balaban J connectivity index is 4.89. The van der Waals surface area contributed by atoms with E-state index >= 15 is 0 Å². The molecular weight excluding hydrogens is 251 g/mol. The number of ether oxygens (including phenoxy) is 1. The fourth-order valence-electron chi connectivity index (χ4n) is 1.15. The van der Waals surface area contributed by atoms with Crippen molar-refractivity contribution in [2.24, 2.45) is 5.73 Å². The third-order valence-corrected chi connectivity index (χ3v) is 2.38. The Hall–Kier alpha value is -1.33. The van der Waals surface area contributed by atoms with Gasteiger partial charge in [0.25, 0.3) is 5.91 Å². The number of nitrogens with zero attached hydrogens (tertiary/aromatic N) is 2. The molecule has 0 bridgehead atoms. The summed E-state index contributed by atoms with van der Waals surface area (Å²) in [5.41, 5.74) is 2.08. The molecule has 0 heterocycles. The van der Waals surface area contributed by atoms with Crippen molar-refractivity contribution in [2.75, 3.05) is 26.8 Å². The highest BCUT2D eigenvalue weighted by molar-refractivity contribution is 5.86. The fraction of sp³-hybridized carbons (Fsp3) is 0.800. The van der Waals surface area contributed by atoms with Crippen LogP contribution in [0.3, 0.4) is 0 Å². The van der Waals surface area contributed by atoms with Gasteiger partial charge in [0.1, 0.15) is 0 Å². The van der Waals surface area contributed by atoms with Crippen LogP contribution in [0.5, 0.6) is 0 Å². The first-order valence-corrected chi connectivity index (χ1v) is 5.19. The number of rotatable bonds is 6. The van der Waals surface area contributed by atoms with E-state index in [9.17, 15) is 18.0 Å². The second kappa shape index (κ2) is 6.56. The van der Waals surface area contributed by atoms with E-state index in [1.807, 2.05) is 0 Å². The van der Waals surface area contributed by atoms with Crippen LogP contribution in [0.1, 0.15) is 13.3 Å².